The van der Waals surface area contributed by atoms with Crippen molar-refractivity contribution in [3.05, 3.63) is 35.4 Å². The fourth-order valence-electron chi connectivity index (χ4n) is 2.82. The predicted molar refractivity (Wildman–Crippen MR) is 90.6 cm³/mol. The smallest absolute Gasteiger partial charge is 0.399 e. The molecule has 0 bridgehead atoms. The number of amides is 2. The van der Waals surface area contributed by atoms with Crippen molar-refractivity contribution >= 4 is 23.2 Å². The molecule has 0 saturated carbocycles. The van der Waals surface area contributed by atoms with Crippen LogP contribution in [0.5, 0.6) is 0 Å². The van der Waals surface area contributed by atoms with Gasteiger partial charge in [0.05, 0.1) is 24.7 Å². The molecule has 0 aromatic carbocycles. The van der Waals surface area contributed by atoms with Gasteiger partial charge < -0.3 is 34.9 Å². The lowest BCUT2D eigenvalue weighted by molar-refractivity contribution is -0.130. The van der Waals surface area contributed by atoms with E-state index in [1.54, 1.807) is 0 Å². The maximum absolute atomic E-state index is 12.4. The van der Waals surface area contributed by atoms with Crippen LogP contribution in [0.4, 0.5) is 0 Å². The lowest BCUT2D eigenvalue weighted by atomic mass is 9.72. The van der Waals surface area contributed by atoms with Crippen LogP contribution in [0.25, 0.3) is 0 Å². The van der Waals surface area contributed by atoms with E-state index in [2.05, 4.69) is 14.8 Å². The van der Waals surface area contributed by atoms with E-state index in [-0.39, 0.29) is 36.4 Å². The Morgan fingerprint density at radius 1 is 1.50 bits per heavy atom. The third-order valence-corrected chi connectivity index (χ3v) is 4.53. The highest BCUT2D eigenvalue weighted by atomic mass is 32.2. The fraction of sp³-hybridized carbons (Fsp3) is 0.467. The molecule has 1 aliphatic heterocycles. The summed E-state index contributed by atoms with van der Waals surface area (Å²) in [6.07, 6.45) is 2.77. The summed E-state index contributed by atoms with van der Waals surface area (Å²) < 4.78 is 20.3. The van der Waals surface area contributed by atoms with E-state index in [1.807, 2.05) is 0 Å². The van der Waals surface area contributed by atoms with E-state index in [4.69, 9.17) is 15.0 Å². The zero-order valence-electron chi connectivity index (χ0n) is 14.1. The summed E-state index contributed by atoms with van der Waals surface area (Å²) >= 11 is -1.90. The second-order valence-corrected chi connectivity index (χ2v) is 6.68. The standard InChI is InChI=1S/C15H21N3O7S/c1-17-14(22)15(5-11(20)7-19)3-9(2-10(16)4-15)13(21)18-6-12-8-24-26(23)25-12/h2,4,8,11,19-20H,3,5-7,16H2,1H3,(H,17,22)(H,18,21). The number of carbonyl (C=O) groups excluding carboxylic acids is 2. The van der Waals surface area contributed by atoms with Crippen molar-refractivity contribution in [3.63, 3.8) is 0 Å². The van der Waals surface area contributed by atoms with Crippen LogP contribution in [-0.4, -0.2) is 52.5 Å². The van der Waals surface area contributed by atoms with Crippen molar-refractivity contribution in [1.82, 2.24) is 10.6 Å². The molecule has 10 nitrogen and oxygen atoms in total. The molecule has 0 radical (unpaired) electrons. The second-order valence-electron chi connectivity index (χ2n) is 5.92. The molecule has 0 fully saturated rings. The molecule has 2 amide bonds. The first-order valence-electron chi connectivity index (χ1n) is 7.74. The summed E-state index contributed by atoms with van der Waals surface area (Å²) in [6, 6.07) is 0. The summed E-state index contributed by atoms with van der Waals surface area (Å²) in [7, 11) is 1.43. The quantitative estimate of drug-likeness (QED) is 0.343. The highest BCUT2D eigenvalue weighted by Gasteiger charge is 2.41. The maximum Gasteiger partial charge on any atom is 0.417 e. The lowest BCUT2D eigenvalue weighted by Gasteiger charge is -2.34. The van der Waals surface area contributed by atoms with E-state index < -0.39 is 41.3 Å². The zero-order valence-corrected chi connectivity index (χ0v) is 14.9. The number of carbonyl (C=O) groups is 2. The minimum atomic E-state index is -1.90. The first-order valence-corrected chi connectivity index (χ1v) is 8.74. The zero-order chi connectivity index (χ0) is 19.3. The molecule has 26 heavy (non-hydrogen) atoms. The van der Waals surface area contributed by atoms with E-state index in [1.165, 1.54) is 19.2 Å². The Morgan fingerprint density at radius 2 is 2.23 bits per heavy atom. The SMILES string of the molecule is CNC(=O)C1(CC(O)CO)C=C(N)C=C(C(=O)NCC2=COS(=O)O2)C1. The average molecular weight is 387 g/mol. The van der Waals surface area contributed by atoms with Crippen molar-refractivity contribution in [3.8, 4) is 0 Å². The van der Waals surface area contributed by atoms with Crippen molar-refractivity contribution in [2.45, 2.75) is 18.9 Å². The number of nitrogens with one attached hydrogen (secondary N) is 2. The van der Waals surface area contributed by atoms with Crippen LogP contribution >= 0.6 is 0 Å². The number of aliphatic hydroxyl groups is 2. The predicted octanol–water partition coefficient (Wildman–Crippen LogP) is -1.78. The molecule has 0 aromatic rings. The van der Waals surface area contributed by atoms with Crippen molar-refractivity contribution in [2.24, 2.45) is 11.1 Å². The lowest BCUT2D eigenvalue weighted by Crippen LogP contribution is -2.44. The van der Waals surface area contributed by atoms with Gasteiger partial charge in [0.1, 0.15) is 6.26 Å². The summed E-state index contributed by atoms with van der Waals surface area (Å²) in [6.45, 7) is -0.585. The van der Waals surface area contributed by atoms with Crippen LogP contribution in [0.15, 0.2) is 35.4 Å². The Labute approximate surface area is 152 Å². The number of nitrogens with two attached hydrogens (primary N) is 1. The van der Waals surface area contributed by atoms with Crippen LogP contribution < -0.4 is 16.4 Å². The van der Waals surface area contributed by atoms with Crippen LogP contribution in [-0.2, 0) is 29.3 Å². The van der Waals surface area contributed by atoms with Crippen molar-refractivity contribution in [2.75, 3.05) is 20.2 Å². The molecule has 3 unspecified atom stereocenters. The summed E-state index contributed by atoms with van der Waals surface area (Å²) in [5, 5.41) is 24.0. The molecular weight excluding hydrogens is 366 g/mol. The normalized spacial score (nSPS) is 25.8. The Bertz CT molecular complexity index is 703. The third kappa shape index (κ3) is 4.62. The van der Waals surface area contributed by atoms with Gasteiger partial charge in [-0.25, -0.2) is 0 Å². The first kappa shape index (κ1) is 19.9. The van der Waals surface area contributed by atoms with E-state index in [0.717, 1.165) is 6.26 Å². The number of allylic oxidation sites excluding steroid dienone is 1. The van der Waals surface area contributed by atoms with Crippen LogP contribution in [0, 0.1) is 5.41 Å². The summed E-state index contributed by atoms with van der Waals surface area (Å²) in [5.74, 6) is -0.753. The fourth-order valence-corrected chi connectivity index (χ4v) is 3.32. The van der Waals surface area contributed by atoms with Crippen molar-refractivity contribution < 1.29 is 32.4 Å². The van der Waals surface area contributed by atoms with Gasteiger partial charge in [-0.05, 0) is 25.0 Å². The molecule has 0 saturated heterocycles. The minimum absolute atomic E-state index is 0.0153. The van der Waals surface area contributed by atoms with Gasteiger partial charge >= 0.3 is 11.4 Å². The molecule has 6 N–H and O–H groups in total. The van der Waals surface area contributed by atoms with Gasteiger partial charge in [0.25, 0.3) is 0 Å². The van der Waals surface area contributed by atoms with E-state index in [9.17, 15) is 18.9 Å². The Morgan fingerprint density at radius 3 is 2.81 bits per heavy atom. The molecule has 3 atom stereocenters. The van der Waals surface area contributed by atoms with Gasteiger partial charge in [-0.3, -0.25) is 9.59 Å². The molecule has 1 heterocycles. The van der Waals surface area contributed by atoms with Crippen LogP contribution in [0.3, 0.4) is 0 Å². The highest BCUT2D eigenvalue weighted by Crippen LogP contribution is 2.38. The maximum atomic E-state index is 12.4. The average Bonchev–Trinajstić information content (AvgIpc) is 3.03. The van der Waals surface area contributed by atoms with E-state index >= 15 is 0 Å². The minimum Gasteiger partial charge on any atom is -0.399 e. The van der Waals surface area contributed by atoms with Gasteiger partial charge in [0.15, 0.2) is 5.76 Å². The molecule has 0 aromatic heterocycles. The van der Waals surface area contributed by atoms with Gasteiger partial charge in [-0.2, -0.15) is 4.21 Å². The number of aliphatic hydroxyl groups excluding tert-OH is 2. The molecular formula is C15H21N3O7S. The molecule has 1 aliphatic carbocycles. The van der Waals surface area contributed by atoms with Gasteiger partial charge in [0, 0.05) is 18.3 Å². The monoisotopic (exact) mass is 387 g/mol. The van der Waals surface area contributed by atoms with Gasteiger partial charge in [0.2, 0.25) is 11.8 Å². The first-order chi connectivity index (χ1) is 12.3. The number of rotatable bonds is 7. The number of hydrogen-bond donors (Lipinski definition) is 5. The van der Waals surface area contributed by atoms with E-state index in [0.29, 0.717) is 0 Å². The summed E-state index contributed by atoms with van der Waals surface area (Å²) in [5.41, 5.74) is 5.01. The highest BCUT2D eigenvalue weighted by molar-refractivity contribution is 7.75. The molecule has 0 spiro atoms. The molecule has 2 rings (SSSR count). The molecule has 144 valence electrons. The van der Waals surface area contributed by atoms with Crippen molar-refractivity contribution in [1.29, 1.82) is 0 Å². The largest absolute Gasteiger partial charge is 0.417 e. The van der Waals surface area contributed by atoms with Gasteiger partial charge in [-0.1, -0.05) is 0 Å². The Kier molecular flexibility index (Phi) is 6.40. The van der Waals surface area contributed by atoms with Crippen LogP contribution in [0.2, 0.25) is 0 Å². The Balaban J connectivity index is 2.13. The van der Waals surface area contributed by atoms with Gasteiger partial charge in [-0.15, -0.1) is 0 Å². The number of hydrogen-bond acceptors (Lipinski definition) is 8. The third-order valence-electron chi connectivity index (χ3n) is 3.93. The summed E-state index contributed by atoms with van der Waals surface area (Å²) in [4.78, 5) is 24.8. The topological polar surface area (TPSA) is 160 Å². The Hall–Kier alpha value is -2.37. The second kappa shape index (κ2) is 8.34. The molecule has 2 aliphatic rings. The molecule has 11 heteroatoms. The van der Waals surface area contributed by atoms with Crippen LogP contribution in [0.1, 0.15) is 12.8 Å².